The van der Waals surface area contributed by atoms with Gasteiger partial charge in [-0.25, -0.2) is 0 Å². The van der Waals surface area contributed by atoms with Crippen LogP contribution in [0.5, 0.6) is 0 Å². The zero-order valence-electron chi connectivity index (χ0n) is 14.3. The number of rotatable bonds is 16. The van der Waals surface area contributed by atoms with Gasteiger partial charge < -0.3 is 5.11 Å². The number of carbonyl (C=O) groups is 1. The second kappa shape index (κ2) is 16.0. The number of hydrogen-bond donors (Lipinski definition) is 3. The molecule has 4 heteroatoms. The molecular formula is C18H36O2S2. The third kappa shape index (κ3) is 15.1. The maximum atomic E-state index is 10.4. The number of carboxylic acids is 1. The van der Waals surface area contributed by atoms with E-state index in [-0.39, 0.29) is 0 Å². The Morgan fingerprint density at radius 1 is 0.773 bits per heavy atom. The fourth-order valence-corrected chi connectivity index (χ4v) is 3.34. The van der Waals surface area contributed by atoms with Crippen molar-refractivity contribution in [2.45, 2.75) is 107 Å². The summed E-state index contributed by atoms with van der Waals surface area (Å²) in [6.45, 7) is 2.25. The highest BCUT2D eigenvalue weighted by molar-refractivity contribution is 7.85. The zero-order chi connectivity index (χ0) is 16.6. The van der Waals surface area contributed by atoms with Gasteiger partial charge in [-0.15, -0.1) is 0 Å². The Hall–Kier alpha value is 0.170. The number of hydrogen-bond acceptors (Lipinski definition) is 3. The summed E-state index contributed by atoms with van der Waals surface area (Å²) >= 11 is 9.41. The van der Waals surface area contributed by atoms with Crippen molar-refractivity contribution in [3.05, 3.63) is 0 Å². The molecule has 132 valence electrons. The molecule has 0 heterocycles. The van der Waals surface area contributed by atoms with E-state index >= 15 is 0 Å². The lowest BCUT2D eigenvalue weighted by Crippen LogP contribution is -2.15. The summed E-state index contributed by atoms with van der Waals surface area (Å²) in [5.41, 5.74) is 0. The minimum atomic E-state index is -0.678. The summed E-state index contributed by atoms with van der Waals surface area (Å²) in [6.07, 6.45) is 16.0. The van der Waals surface area contributed by atoms with Gasteiger partial charge in [-0.3, -0.25) is 4.79 Å². The van der Waals surface area contributed by atoms with Gasteiger partial charge in [0.2, 0.25) is 0 Å². The van der Waals surface area contributed by atoms with Gasteiger partial charge in [0.1, 0.15) is 0 Å². The minimum absolute atomic E-state index is 0.312. The second-order valence-corrected chi connectivity index (χ2v) is 7.72. The van der Waals surface area contributed by atoms with E-state index in [0.29, 0.717) is 16.9 Å². The summed E-state index contributed by atoms with van der Waals surface area (Å²) in [6, 6.07) is 0. The highest BCUT2D eigenvalue weighted by Crippen LogP contribution is 2.22. The largest absolute Gasteiger partial charge is 0.481 e. The van der Waals surface area contributed by atoms with E-state index in [1.165, 1.54) is 57.8 Å². The molecule has 0 radical (unpaired) electrons. The summed E-state index contributed by atoms with van der Waals surface area (Å²) in [4.78, 5) is 10.4. The first kappa shape index (κ1) is 22.2. The van der Waals surface area contributed by atoms with Crippen molar-refractivity contribution in [1.82, 2.24) is 0 Å². The molecule has 2 atom stereocenters. The fraction of sp³-hybridized carbons (Fsp3) is 0.944. The van der Waals surface area contributed by atoms with Crippen LogP contribution in [0.1, 0.15) is 96.8 Å². The topological polar surface area (TPSA) is 37.3 Å². The van der Waals surface area contributed by atoms with Crippen molar-refractivity contribution >= 4 is 31.2 Å². The van der Waals surface area contributed by atoms with Crippen LogP contribution >= 0.6 is 25.3 Å². The Balaban J connectivity index is 3.38. The smallest absolute Gasteiger partial charge is 0.303 e. The first-order valence-electron chi connectivity index (χ1n) is 9.15. The van der Waals surface area contributed by atoms with E-state index in [2.05, 4.69) is 6.92 Å². The molecule has 0 fully saturated rings. The predicted molar refractivity (Wildman–Crippen MR) is 103 cm³/mol. The van der Waals surface area contributed by atoms with Crippen LogP contribution in [0.2, 0.25) is 0 Å². The quantitative estimate of drug-likeness (QED) is 0.231. The molecule has 2 nitrogen and oxygen atoms in total. The first-order chi connectivity index (χ1) is 10.6. The van der Waals surface area contributed by atoms with Gasteiger partial charge in [-0.1, -0.05) is 71.1 Å². The molecule has 0 bridgehead atoms. The maximum absolute atomic E-state index is 10.4. The standard InChI is InChI=1S/C18H36O2S2/c1-2-3-4-5-7-10-13-16(21)17(22)14-11-8-6-9-12-15-18(19)20/h16-17,21-22H,2-15H2,1H3,(H,19,20). The van der Waals surface area contributed by atoms with Gasteiger partial charge in [0.25, 0.3) is 0 Å². The van der Waals surface area contributed by atoms with Crippen LogP contribution in [0, 0.1) is 0 Å². The maximum Gasteiger partial charge on any atom is 0.303 e. The monoisotopic (exact) mass is 348 g/mol. The Labute approximate surface area is 148 Å². The molecule has 0 saturated carbocycles. The molecule has 0 rings (SSSR count). The van der Waals surface area contributed by atoms with E-state index in [1.54, 1.807) is 0 Å². The summed E-state index contributed by atoms with van der Waals surface area (Å²) in [5, 5.41) is 9.38. The third-order valence-electron chi connectivity index (χ3n) is 4.19. The molecular weight excluding hydrogens is 312 g/mol. The lowest BCUT2D eigenvalue weighted by Gasteiger charge is -2.18. The minimum Gasteiger partial charge on any atom is -0.481 e. The molecule has 0 saturated heterocycles. The molecule has 0 aromatic rings. The molecule has 0 spiro atoms. The van der Waals surface area contributed by atoms with Gasteiger partial charge in [0, 0.05) is 16.9 Å². The number of carboxylic acid groups (broad SMARTS) is 1. The summed E-state index contributed by atoms with van der Waals surface area (Å²) < 4.78 is 0. The van der Waals surface area contributed by atoms with E-state index in [1.807, 2.05) is 0 Å². The van der Waals surface area contributed by atoms with Crippen LogP contribution < -0.4 is 0 Å². The molecule has 0 aliphatic carbocycles. The number of unbranched alkanes of at least 4 members (excludes halogenated alkanes) is 9. The normalized spacial score (nSPS) is 14.0. The van der Waals surface area contributed by atoms with Crippen molar-refractivity contribution in [3.8, 4) is 0 Å². The molecule has 0 amide bonds. The average Bonchev–Trinajstić information content (AvgIpc) is 2.49. The highest BCUT2D eigenvalue weighted by atomic mass is 32.1. The predicted octanol–water partition coefficient (Wildman–Crippen LogP) is 6.15. The first-order valence-corrected chi connectivity index (χ1v) is 10.2. The van der Waals surface area contributed by atoms with Gasteiger partial charge in [0.05, 0.1) is 0 Å². The molecule has 0 aromatic heterocycles. The molecule has 0 aromatic carbocycles. The van der Waals surface area contributed by atoms with E-state index in [9.17, 15) is 4.79 Å². The van der Waals surface area contributed by atoms with E-state index < -0.39 is 5.97 Å². The van der Waals surface area contributed by atoms with Gasteiger partial charge in [-0.05, 0) is 19.3 Å². The van der Waals surface area contributed by atoms with Crippen LogP contribution in [-0.2, 0) is 4.79 Å². The molecule has 0 aliphatic rings. The lowest BCUT2D eigenvalue weighted by molar-refractivity contribution is -0.137. The zero-order valence-corrected chi connectivity index (χ0v) is 16.1. The molecule has 0 aliphatic heterocycles. The van der Waals surface area contributed by atoms with Crippen LogP contribution in [0.4, 0.5) is 0 Å². The third-order valence-corrected chi connectivity index (χ3v) is 5.66. The fourth-order valence-electron chi connectivity index (χ4n) is 2.68. The highest BCUT2D eigenvalue weighted by Gasteiger charge is 2.13. The Morgan fingerprint density at radius 3 is 1.64 bits per heavy atom. The van der Waals surface area contributed by atoms with Gasteiger partial charge in [-0.2, -0.15) is 25.3 Å². The van der Waals surface area contributed by atoms with Crippen LogP contribution in [0.15, 0.2) is 0 Å². The second-order valence-electron chi connectivity index (χ2n) is 6.39. The van der Waals surface area contributed by atoms with Crippen molar-refractivity contribution in [1.29, 1.82) is 0 Å². The number of aliphatic carboxylic acids is 1. The molecule has 2 unspecified atom stereocenters. The van der Waals surface area contributed by atoms with Gasteiger partial charge >= 0.3 is 5.97 Å². The molecule has 22 heavy (non-hydrogen) atoms. The van der Waals surface area contributed by atoms with Gasteiger partial charge in [0.15, 0.2) is 0 Å². The Morgan fingerprint density at radius 2 is 1.18 bits per heavy atom. The Bertz CT molecular complexity index is 259. The van der Waals surface area contributed by atoms with E-state index in [0.717, 1.165) is 25.7 Å². The molecule has 1 N–H and O–H groups in total. The van der Waals surface area contributed by atoms with Crippen LogP contribution in [0.3, 0.4) is 0 Å². The Kier molecular flexibility index (Phi) is 16.2. The van der Waals surface area contributed by atoms with E-state index in [4.69, 9.17) is 30.4 Å². The van der Waals surface area contributed by atoms with Crippen molar-refractivity contribution in [2.75, 3.05) is 0 Å². The van der Waals surface area contributed by atoms with Crippen LogP contribution in [0.25, 0.3) is 0 Å². The lowest BCUT2D eigenvalue weighted by atomic mass is 10.0. The average molecular weight is 349 g/mol. The summed E-state index contributed by atoms with van der Waals surface area (Å²) in [5.74, 6) is -0.678. The van der Waals surface area contributed by atoms with Crippen molar-refractivity contribution in [2.24, 2.45) is 0 Å². The summed E-state index contributed by atoms with van der Waals surface area (Å²) in [7, 11) is 0. The van der Waals surface area contributed by atoms with Crippen LogP contribution in [-0.4, -0.2) is 21.6 Å². The number of thiol groups is 2. The van der Waals surface area contributed by atoms with Crippen molar-refractivity contribution < 1.29 is 9.90 Å². The SMILES string of the molecule is CCCCCCCCC(S)C(S)CCCCCCCC(=O)O. The van der Waals surface area contributed by atoms with Crippen molar-refractivity contribution in [3.63, 3.8) is 0 Å².